The summed E-state index contributed by atoms with van der Waals surface area (Å²) in [5, 5.41) is -9.18. The summed E-state index contributed by atoms with van der Waals surface area (Å²) in [4.78, 5) is 0. The van der Waals surface area contributed by atoms with Crippen LogP contribution in [0.5, 0.6) is 0 Å². The van der Waals surface area contributed by atoms with E-state index < -0.39 is 75.0 Å². The Morgan fingerprint density at radius 2 is 0.744 bits per heavy atom. The van der Waals surface area contributed by atoms with Gasteiger partial charge >= 0.3 is 126 Å². The van der Waals surface area contributed by atoms with Gasteiger partial charge in [0.25, 0.3) is 0 Å². The van der Waals surface area contributed by atoms with Gasteiger partial charge in [-0.2, -0.15) is 43.9 Å². The molecule has 0 saturated carbocycles. The number of hydrogen-bond acceptors (Lipinski definition) is 6. The molecular weight excluding hydrogens is 712 g/mol. The fourth-order valence-corrected chi connectivity index (χ4v) is 4.17. The maximum absolute atomic E-state index is 13.0. The number of rotatable bonds is 20. The van der Waals surface area contributed by atoms with Crippen LogP contribution in [-0.4, -0.2) is 55.0 Å². The van der Waals surface area contributed by atoms with Crippen molar-refractivity contribution in [1.82, 2.24) is 0 Å². The molecule has 0 radical (unpaired) electrons. The van der Waals surface area contributed by atoms with E-state index in [9.17, 15) is 74.2 Å². The number of halogens is 11. The van der Waals surface area contributed by atoms with E-state index in [1.807, 2.05) is 0 Å². The predicted octanol–water partition coefficient (Wildman–Crippen LogP) is 2.35. The topological polar surface area (TPSA) is 114 Å². The molecule has 43 heavy (non-hydrogen) atoms. The van der Waals surface area contributed by atoms with Gasteiger partial charge in [-0.3, -0.25) is 0 Å². The zero-order valence-electron chi connectivity index (χ0n) is 24.0. The normalized spacial score (nSPS) is 13.8. The quantitative estimate of drug-likeness (QED) is 0.0819. The van der Waals surface area contributed by atoms with Crippen molar-refractivity contribution in [2.75, 3.05) is 0 Å². The molecule has 0 saturated heterocycles. The first-order valence-corrected chi connectivity index (χ1v) is 15.6. The van der Waals surface area contributed by atoms with Crippen molar-refractivity contribution < 1.29 is 177 Å². The van der Waals surface area contributed by atoms with Crippen LogP contribution in [0, 0.1) is 0 Å². The molecule has 0 aliphatic carbocycles. The van der Waals surface area contributed by atoms with Gasteiger partial charge < -0.3 is 9.11 Å². The van der Waals surface area contributed by atoms with E-state index in [4.69, 9.17) is 0 Å². The Bertz CT molecular complexity index is 918. The molecule has 0 heterocycles. The Hall–Kier alpha value is 2.32. The molecule has 0 bridgehead atoms. The van der Waals surface area contributed by atoms with Crippen molar-refractivity contribution in [3.63, 3.8) is 0 Å². The molecule has 0 aromatic heterocycles. The fraction of sp³-hybridized carbons (Fsp3) is 1.00. The van der Waals surface area contributed by atoms with Gasteiger partial charge in [-0.1, -0.05) is 64.2 Å². The number of unbranched alkanes of at least 4 members (excludes halogenated alkanes) is 11. The molecule has 0 amide bonds. The van der Waals surface area contributed by atoms with Crippen molar-refractivity contribution in [1.29, 1.82) is 0 Å². The number of hydrogen-bond donors (Lipinski definition) is 0. The Morgan fingerprint density at radius 3 is 1.02 bits per heavy atom. The monoisotopic (exact) mass is 746 g/mol. The third-order valence-electron chi connectivity index (χ3n) is 5.66. The molecule has 0 aliphatic heterocycles. The summed E-state index contributed by atoms with van der Waals surface area (Å²) in [6.45, 7) is 0. The van der Waals surface area contributed by atoms with Crippen LogP contribution >= 0.6 is 0 Å². The van der Waals surface area contributed by atoms with E-state index in [-0.39, 0.29) is 135 Å². The van der Waals surface area contributed by atoms with Gasteiger partial charge in [-0.15, -0.1) is 0 Å². The second-order valence-electron chi connectivity index (χ2n) is 9.44. The third kappa shape index (κ3) is 29.0. The van der Waals surface area contributed by atoms with E-state index in [2.05, 4.69) is 0 Å². The summed E-state index contributed by atoms with van der Waals surface area (Å²) in [6, 6.07) is 0. The van der Waals surface area contributed by atoms with Crippen LogP contribution in [-0.2, 0) is 20.2 Å². The van der Waals surface area contributed by atoms with Gasteiger partial charge in [0.2, 0.25) is 0 Å². The van der Waals surface area contributed by atoms with Crippen LogP contribution < -0.4 is 103 Å². The van der Waals surface area contributed by atoms with Gasteiger partial charge in [0, 0.05) is 19.3 Å². The summed E-state index contributed by atoms with van der Waals surface area (Å²) in [5.74, 6) is 0. The van der Waals surface area contributed by atoms with Crippen molar-refractivity contribution in [3.8, 4) is 0 Å². The molecule has 1 atom stereocenters. The van der Waals surface area contributed by atoms with Crippen LogP contribution in [0.25, 0.3) is 0 Å². The van der Waals surface area contributed by atoms with E-state index in [1.54, 1.807) is 0 Å². The molecule has 6 nitrogen and oxygen atoms in total. The van der Waals surface area contributed by atoms with E-state index in [1.165, 1.54) is 0 Å². The average Bonchev–Trinajstić information content (AvgIpc) is 2.77. The Labute approximate surface area is 330 Å². The van der Waals surface area contributed by atoms with Crippen LogP contribution in [0.15, 0.2) is 0 Å². The fourth-order valence-electron chi connectivity index (χ4n) is 3.35. The van der Waals surface area contributed by atoms with Crippen LogP contribution in [0.2, 0.25) is 0 Å². The smallest absolute Gasteiger partial charge is 0.743 e. The molecule has 250 valence electrons. The Balaban J connectivity index is -0.000000338. The third-order valence-corrected chi connectivity index (χ3v) is 7.52. The minimum atomic E-state index is -6.04. The van der Waals surface area contributed by atoms with Crippen LogP contribution in [0.4, 0.5) is 48.3 Å². The van der Waals surface area contributed by atoms with Gasteiger partial charge in [-0.05, 0) is 25.7 Å². The Kier molecular flexibility index (Phi) is 29.7. The number of alkyl halides is 11. The minimum Gasteiger partial charge on any atom is -0.743 e. The average molecular weight is 747 g/mol. The zero-order chi connectivity index (χ0) is 32.6. The summed E-state index contributed by atoms with van der Waals surface area (Å²) < 4.78 is 196. The first-order valence-electron chi connectivity index (χ1n) is 12.8. The molecule has 21 heteroatoms. The first-order chi connectivity index (χ1) is 18.3. The summed E-state index contributed by atoms with van der Waals surface area (Å²) in [6.07, 6.45) is -11.1. The molecule has 1 unspecified atom stereocenters. The van der Waals surface area contributed by atoms with Gasteiger partial charge in [-0.25, -0.2) is 21.2 Å². The molecular formula is C22H35F11K2O6S2. The first kappa shape index (κ1) is 52.1. The predicted molar refractivity (Wildman–Crippen MR) is 125 cm³/mol. The van der Waals surface area contributed by atoms with E-state index in [0.717, 1.165) is 0 Å². The molecule has 0 rings (SSSR count). The summed E-state index contributed by atoms with van der Waals surface area (Å²) >= 11 is 0. The molecule has 0 N–H and O–H groups in total. The van der Waals surface area contributed by atoms with Gasteiger partial charge in [0.1, 0.15) is 0 Å². The molecule has 0 aliphatic rings. The van der Waals surface area contributed by atoms with Gasteiger partial charge in [0.05, 0.1) is 0 Å². The standard InChI is InChI=1S/C11H18F6O3S.C11H19F5O3S.2K/c12-9(11(16,17)21(18,19)20)7-5-3-1-2-4-6-8-10(13,14)15;12-10(13,14)8-6-4-2-1-3-5-7-9-11(15,16)20(17,18)19;;/h9H,1-8H2,(H,18,19,20);1-9H2,(H,17,18,19);;/q;;2*+1/p-2. The largest absolute Gasteiger partial charge is 1.00 e. The summed E-state index contributed by atoms with van der Waals surface area (Å²) in [7, 11) is -11.6. The SMILES string of the molecule is O=S(=O)([O-])C(F)(F)C(F)CCCCCCCCC(F)(F)F.O=S(=O)([O-])C(F)(F)CCCCCCCCCC(F)(F)F.[K+].[K+]. The van der Waals surface area contributed by atoms with E-state index in [0.29, 0.717) is 51.4 Å². The van der Waals surface area contributed by atoms with Crippen molar-refractivity contribution >= 4 is 20.2 Å². The maximum atomic E-state index is 13.0. The van der Waals surface area contributed by atoms with Crippen LogP contribution in [0.3, 0.4) is 0 Å². The molecule has 0 aromatic rings. The second kappa shape index (κ2) is 24.5. The van der Waals surface area contributed by atoms with Crippen molar-refractivity contribution in [2.45, 2.75) is 138 Å². The zero-order valence-corrected chi connectivity index (χ0v) is 31.9. The van der Waals surface area contributed by atoms with Crippen LogP contribution in [0.1, 0.15) is 109 Å². The second-order valence-corrected chi connectivity index (χ2v) is 12.4. The molecule has 0 aromatic carbocycles. The van der Waals surface area contributed by atoms with Crippen molar-refractivity contribution in [3.05, 3.63) is 0 Å². The minimum absolute atomic E-state index is 0. The molecule has 0 fully saturated rings. The molecule has 0 spiro atoms. The van der Waals surface area contributed by atoms with Crippen molar-refractivity contribution in [2.24, 2.45) is 0 Å². The maximum Gasteiger partial charge on any atom is 1.00 e. The summed E-state index contributed by atoms with van der Waals surface area (Å²) in [5.41, 5.74) is 0. The van der Waals surface area contributed by atoms with E-state index >= 15 is 0 Å². The van der Waals surface area contributed by atoms with Gasteiger partial charge in [0.15, 0.2) is 26.4 Å². The Morgan fingerprint density at radius 1 is 0.465 bits per heavy atom.